The molecule has 0 saturated heterocycles. The van der Waals surface area contributed by atoms with Gasteiger partial charge in [-0.3, -0.25) is 4.79 Å². The number of aliphatic hydroxyl groups is 1. The summed E-state index contributed by atoms with van der Waals surface area (Å²) in [5, 5.41) is 8.44. The number of hydrogen-bond donors (Lipinski definition) is 2. The second kappa shape index (κ2) is 11.4. The van der Waals surface area contributed by atoms with Crippen molar-refractivity contribution < 1.29 is 50.4 Å². The Bertz CT molecular complexity index is 146. The molecule has 0 radical (unpaired) electrons. The fourth-order valence-corrected chi connectivity index (χ4v) is 0.227. The second-order valence-electron chi connectivity index (χ2n) is 1.59. The largest absolute Gasteiger partial charge is 1.00 e. The Morgan fingerprint density at radius 3 is 1.92 bits per heavy atom. The molecular formula is C5H13ClNNaO4. The first-order valence-electron chi connectivity index (χ1n) is 2.44. The van der Waals surface area contributed by atoms with Crippen LogP contribution in [0.5, 0.6) is 0 Å². The van der Waals surface area contributed by atoms with Crippen molar-refractivity contribution in [3.8, 4) is 0 Å². The molecule has 0 bridgehead atoms. The van der Waals surface area contributed by atoms with Gasteiger partial charge in [-0.1, -0.05) is 0 Å². The summed E-state index contributed by atoms with van der Waals surface area (Å²) in [6.07, 6.45) is -1.23. The van der Waals surface area contributed by atoms with E-state index < -0.39 is 18.0 Å². The molecule has 0 rings (SSSR count). The average Bonchev–Trinajstić information content (AvgIpc) is 1.63. The number of carbonyl (C=O) groups excluding carboxylic acids is 2. The third-order valence-corrected chi connectivity index (χ3v) is 0.585. The zero-order valence-electron chi connectivity index (χ0n) is 8.36. The smallest absolute Gasteiger partial charge is 1.00 e. The molecule has 0 fully saturated rings. The van der Waals surface area contributed by atoms with Gasteiger partial charge in [0.1, 0.15) is 6.10 Å². The van der Waals surface area contributed by atoms with Crippen LogP contribution in [0.25, 0.3) is 0 Å². The molecule has 1 atom stereocenters. The van der Waals surface area contributed by atoms with Gasteiger partial charge in [0, 0.05) is 6.92 Å². The number of hydrogen-bond acceptors (Lipinski definition) is 5. The summed E-state index contributed by atoms with van der Waals surface area (Å²) in [5.41, 5.74) is 0. The van der Waals surface area contributed by atoms with Crippen molar-refractivity contribution in [3.63, 3.8) is 0 Å². The molecule has 12 heavy (non-hydrogen) atoms. The van der Waals surface area contributed by atoms with Gasteiger partial charge < -0.3 is 17.4 Å². The summed E-state index contributed by atoms with van der Waals surface area (Å²) in [5.74, 6) is -1.62. The average molecular weight is 210 g/mol. The summed E-state index contributed by atoms with van der Waals surface area (Å²) >= 11 is 0. The fourth-order valence-electron chi connectivity index (χ4n) is 0.227. The standard InChI is InChI=1S/C5H8O4.ClH.H3N.Na.H/c1-3(6)5(8)9-4(2)7;;;;/h3,6H,1-2H3;1H;1H3;;/q;;;+1;-1. The van der Waals surface area contributed by atoms with Crippen LogP contribution in [0.2, 0.25) is 0 Å². The summed E-state index contributed by atoms with van der Waals surface area (Å²) < 4.78 is 3.98. The van der Waals surface area contributed by atoms with Crippen molar-refractivity contribution in [3.05, 3.63) is 0 Å². The van der Waals surface area contributed by atoms with Gasteiger partial charge in [0.15, 0.2) is 0 Å². The van der Waals surface area contributed by atoms with E-state index in [0.717, 1.165) is 6.92 Å². The molecular weight excluding hydrogens is 197 g/mol. The minimum Gasteiger partial charge on any atom is -1.00 e. The molecule has 0 saturated carbocycles. The van der Waals surface area contributed by atoms with E-state index in [1.165, 1.54) is 6.92 Å². The Morgan fingerprint density at radius 2 is 1.83 bits per heavy atom. The van der Waals surface area contributed by atoms with Gasteiger partial charge in [-0.25, -0.2) is 4.79 Å². The van der Waals surface area contributed by atoms with Gasteiger partial charge >= 0.3 is 41.5 Å². The van der Waals surface area contributed by atoms with E-state index in [9.17, 15) is 9.59 Å². The zero-order valence-corrected chi connectivity index (χ0v) is 10.2. The van der Waals surface area contributed by atoms with E-state index in [0.29, 0.717) is 0 Å². The number of rotatable bonds is 1. The van der Waals surface area contributed by atoms with Crippen molar-refractivity contribution in [1.29, 1.82) is 0 Å². The van der Waals surface area contributed by atoms with Crippen LogP contribution >= 0.6 is 12.4 Å². The number of halogens is 1. The molecule has 0 amide bonds. The molecule has 0 aromatic rings. The molecule has 0 spiro atoms. The molecule has 70 valence electrons. The number of aliphatic hydroxyl groups excluding tert-OH is 1. The summed E-state index contributed by atoms with van der Waals surface area (Å²) in [6.45, 7) is 2.32. The molecule has 0 heterocycles. The quantitative estimate of drug-likeness (QED) is 0.275. The molecule has 1 unspecified atom stereocenters. The maximum Gasteiger partial charge on any atom is 1.00 e. The number of ether oxygens (including phenoxy) is 1. The predicted molar refractivity (Wildman–Crippen MR) is 41.8 cm³/mol. The minimum absolute atomic E-state index is 0. The molecule has 0 aromatic carbocycles. The van der Waals surface area contributed by atoms with Gasteiger partial charge in [0.05, 0.1) is 0 Å². The van der Waals surface area contributed by atoms with Crippen LogP contribution in [0.15, 0.2) is 0 Å². The van der Waals surface area contributed by atoms with Crippen LogP contribution in [0.4, 0.5) is 0 Å². The Morgan fingerprint density at radius 1 is 1.50 bits per heavy atom. The Balaban J connectivity index is -0.0000000533. The van der Waals surface area contributed by atoms with Crippen LogP contribution in [-0.4, -0.2) is 23.1 Å². The van der Waals surface area contributed by atoms with Crippen molar-refractivity contribution in [1.82, 2.24) is 6.15 Å². The van der Waals surface area contributed by atoms with Crippen molar-refractivity contribution >= 4 is 24.3 Å². The SMILES string of the molecule is CC(=O)OC(=O)C(C)O.Cl.N.[H-].[Na+]. The first-order chi connectivity index (χ1) is 4.04. The molecule has 4 N–H and O–H groups in total. The van der Waals surface area contributed by atoms with E-state index >= 15 is 0 Å². The summed E-state index contributed by atoms with van der Waals surface area (Å²) in [6, 6.07) is 0. The fraction of sp³-hybridized carbons (Fsp3) is 0.600. The normalized spacial score (nSPS) is 9.25. The van der Waals surface area contributed by atoms with Crippen LogP contribution in [0.1, 0.15) is 15.3 Å². The van der Waals surface area contributed by atoms with Gasteiger partial charge in [0.25, 0.3) is 0 Å². The summed E-state index contributed by atoms with van der Waals surface area (Å²) in [7, 11) is 0. The first-order valence-corrected chi connectivity index (χ1v) is 2.44. The third kappa shape index (κ3) is 13.0. The summed E-state index contributed by atoms with van der Waals surface area (Å²) in [4.78, 5) is 20.3. The van der Waals surface area contributed by atoms with Crippen LogP contribution in [0.3, 0.4) is 0 Å². The van der Waals surface area contributed by atoms with Crippen molar-refractivity contribution in [2.45, 2.75) is 20.0 Å². The van der Waals surface area contributed by atoms with Crippen LogP contribution in [-0.2, 0) is 14.3 Å². The molecule has 0 aliphatic rings. The monoisotopic (exact) mass is 209 g/mol. The Hall–Kier alpha value is 0.350. The van der Waals surface area contributed by atoms with E-state index in [-0.39, 0.29) is 49.5 Å². The van der Waals surface area contributed by atoms with Crippen LogP contribution < -0.4 is 35.7 Å². The minimum atomic E-state index is -1.23. The molecule has 7 heteroatoms. The van der Waals surface area contributed by atoms with Gasteiger partial charge in [-0.05, 0) is 6.92 Å². The topological polar surface area (TPSA) is 98.6 Å². The van der Waals surface area contributed by atoms with E-state index in [1.807, 2.05) is 0 Å². The Labute approximate surface area is 101 Å². The predicted octanol–water partition coefficient (Wildman–Crippen LogP) is -2.84. The van der Waals surface area contributed by atoms with E-state index in [2.05, 4.69) is 4.74 Å². The molecule has 0 aliphatic carbocycles. The maximum atomic E-state index is 10.3. The second-order valence-corrected chi connectivity index (χ2v) is 1.59. The van der Waals surface area contributed by atoms with Crippen molar-refractivity contribution in [2.75, 3.05) is 0 Å². The third-order valence-electron chi connectivity index (χ3n) is 0.585. The van der Waals surface area contributed by atoms with Crippen LogP contribution in [0, 0.1) is 0 Å². The van der Waals surface area contributed by atoms with Gasteiger partial charge in [-0.2, -0.15) is 0 Å². The molecule has 0 aliphatic heterocycles. The van der Waals surface area contributed by atoms with Gasteiger partial charge in [0.2, 0.25) is 0 Å². The van der Waals surface area contributed by atoms with E-state index in [4.69, 9.17) is 5.11 Å². The maximum absolute atomic E-state index is 10.3. The van der Waals surface area contributed by atoms with Crippen molar-refractivity contribution in [2.24, 2.45) is 0 Å². The molecule has 0 aromatic heterocycles. The molecule has 5 nitrogen and oxygen atoms in total. The van der Waals surface area contributed by atoms with Gasteiger partial charge in [-0.15, -0.1) is 12.4 Å². The number of esters is 2. The zero-order chi connectivity index (χ0) is 7.44. The number of carbonyl (C=O) groups is 2. The Kier molecular flexibility index (Phi) is 21.6. The first kappa shape index (κ1) is 22.8. The van der Waals surface area contributed by atoms with E-state index in [1.54, 1.807) is 0 Å².